The Bertz CT molecular complexity index is 497. The Balaban J connectivity index is 2.75. The van der Waals surface area contributed by atoms with E-state index >= 15 is 0 Å². The van der Waals surface area contributed by atoms with Crippen LogP contribution < -0.4 is 0 Å². The van der Waals surface area contributed by atoms with Gasteiger partial charge in [-0.05, 0) is 30.8 Å². The molecule has 13 heavy (non-hydrogen) atoms. The molecule has 0 unspecified atom stereocenters. The predicted molar refractivity (Wildman–Crippen MR) is 53.4 cm³/mol. The number of hydrogen-bond acceptors (Lipinski definition) is 4. The second-order valence-electron chi connectivity index (χ2n) is 2.62. The molecule has 4 heteroatoms. The Morgan fingerprint density at radius 3 is 3.08 bits per heavy atom. The van der Waals surface area contributed by atoms with Crippen molar-refractivity contribution in [3.63, 3.8) is 0 Å². The highest BCUT2D eigenvalue weighted by atomic mass is 32.1. The van der Waals surface area contributed by atoms with Crippen LogP contribution in [0, 0.1) is 6.92 Å². The van der Waals surface area contributed by atoms with Crippen LogP contribution in [-0.4, -0.2) is 10.1 Å². The summed E-state index contributed by atoms with van der Waals surface area (Å²) in [6.45, 7) is 1.97. The quantitative estimate of drug-likeness (QED) is 0.512. The molecule has 0 N–H and O–H groups in total. The number of oxazole rings is 1. The van der Waals surface area contributed by atoms with Gasteiger partial charge in [-0.2, -0.15) is 4.98 Å². The topological polar surface area (TPSA) is 38.4 Å². The van der Waals surface area contributed by atoms with Gasteiger partial charge in [0.25, 0.3) is 0 Å². The third-order valence-corrected chi connectivity index (χ3v) is 1.84. The summed E-state index contributed by atoms with van der Waals surface area (Å²) < 4.78 is 5.28. The van der Waals surface area contributed by atoms with E-state index in [1.807, 2.05) is 25.1 Å². The van der Waals surface area contributed by atoms with Gasteiger partial charge in [0.1, 0.15) is 5.52 Å². The molecule has 2 aromatic rings. The molecule has 0 bridgehead atoms. The minimum absolute atomic E-state index is 0.263. The van der Waals surface area contributed by atoms with E-state index in [9.17, 15) is 0 Å². The highest BCUT2D eigenvalue weighted by Crippen LogP contribution is 2.22. The van der Waals surface area contributed by atoms with Crippen LogP contribution in [0.3, 0.4) is 0 Å². The molecule has 2 rings (SSSR count). The van der Waals surface area contributed by atoms with Crippen LogP contribution in [0.15, 0.2) is 27.6 Å². The van der Waals surface area contributed by atoms with E-state index < -0.39 is 0 Å². The molecule has 3 nitrogen and oxygen atoms in total. The van der Waals surface area contributed by atoms with Crippen LogP contribution in [0.25, 0.3) is 11.1 Å². The maximum Gasteiger partial charge on any atom is 0.331 e. The Kier molecular flexibility index (Phi) is 1.93. The number of fused-ring (bicyclic) bond motifs is 1. The lowest BCUT2D eigenvalue weighted by atomic mass is 10.2. The van der Waals surface area contributed by atoms with Gasteiger partial charge in [0.05, 0.1) is 5.16 Å². The lowest BCUT2D eigenvalue weighted by Crippen LogP contribution is -1.73. The van der Waals surface area contributed by atoms with Gasteiger partial charge < -0.3 is 4.42 Å². The molecule has 0 radical (unpaired) electrons. The zero-order valence-electron chi connectivity index (χ0n) is 6.94. The van der Waals surface area contributed by atoms with Crippen molar-refractivity contribution in [2.75, 3.05) is 0 Å². The molecule has 0 atom stereocenters. The van der Waals surface area contributed by atoms with Gasteiger partial charge in [-0.3, -0.25) is 0 Å². The van der Waals surface area contributed by atoms with Gasteiger partial charge in [-0.25, -0.2) is 0 Å². The van der Waals surface area contributed by atoms with Crippen molar-refractivity contribution in [2.24, 2.45) is 4.99 Å². The lowest BCUT2D eigenvalue weighted by molar-refractivity contribution is 0.614. The average molecular weight is 190 g/mol. The molecule has 0 aliphatic carbocycles. The van der Waals surface area contributed by atoms with Crippen LogP contribution in [-0.2, 0) is 0 Å². The van der Waals surface area contributed by atoms with E-state index in [1.54, 1.807) is 0 Å². The molecule has 0 saturated carbocycles. The summed E-state index contributed by atoms with van der Waals surface area (Å²) in [5.74, 6) is 0. The fourth-order valence-corrected chi connectivity index (χ4v) is 1.24. The van der Waals surface area contributed by atoms with E-state index in [4.69, 9.17) is 4.42 Å². The summed E-state index contributed by atoms with van der Waals surface area (Å²) in [4.78, 5) is 7.81. The van der Waals surface area contributed by atoms with Crippen molar-refractivity contribution >= 4 is 34.5 Å². The Labute approximate surface area is 80.1 Å². The van der Waals surface area contributed by atoms with Gasteiger partial charge in [0.15, 0.2) is 5.58 Å². The van der Waals surface area contributed by atoms with Gasteiger partial charge in [0, 0.05) is 0 Å². The van der Waals surface area contributed by atoms with Crippen LogP contribution in [0.4, 0.5) is 6.01 Å². The molecule has 0 saturated heterocycles. The second-order valence-corrected chi connectivity index (χ2v) is 2.80. The van der Waals surface area contributed by atoms with E-state index in [1.165, 1.54) is 0 Å². The van der Waals surface area contributed by atoms with Gasteiger partial charge in [-0.1, -0.05) is 12.1 Å². The zero-order valence-corrected chi connectivity index (χ0v) is 7.76. The number of aliphatic imine (C=N–C) groups is 1. The summed E-state index contributed by atoms with van der Waals surface area (Å²) in [5.41, 5.74) is 2.61. The van der Waals surface area contributed by atoms with Gasteiger partial charge >= 0.3 is 6.01 Å². The third kappa shape index (κ3) is 1.37. The van der Waals surface area contributed by atoms with Gasteiger partial charge in [0.2, 0.25) is 0 Å². The van der Waals surface area contributed by atoms with E-state index in [0.717, 1.165) is 16.7 Å². The van der Waals surface area contributed by atoms with E-state index in [2.05, 4.69) is 27.4 Å². The van der Waals surface area contributed by atoms with Crippen molar-refractivity contribution in [1.82, 2.24) is 4.98 Å². The number of hydrogen-bond donors (Lipinski definition) is 0. The minimum Gasteiger partial charge on any atom is -0.421 e. The Hall–Kier alpha value is -1.51. The molecule has 0 spiro atoms. The summed E-state index contributed by atoms with van der Waals surface area (Å²) in [6, 6.07) is 5.99. The fraction of sp³-hybridized carbons (Fsp3) is 0.111. The summed E-state index contributed by atoms with van der Waals surface area (Å²) in [7, 11) is 0. The van der Waals surface area contributed by atoms with Crippen molar-refractivity contribution in [2.45, 2.75) is 6.92 Å². The first kappa shape index (κ1) is 8.10. The molecule has 0 fully saturated rings. The molecular weight excluding hydrogens is 184 g/mol. The van der Waals surface area contributed by atoms with E-state index in [-0.39, 0.29) is 6.01 Å². The molecule has 0 amide bonds. The number of thiocarbonyl (C=S) groups is 1. The fourth-order valence-electron chi connectivity index (χ4n) is 1.16. The number of rotatable bonds is 1. The highest BCUT2D eigenvalue weighted by molar-refractivity contribution is 7.78. The monoisotopic (exact) mass is 190 g/mol. The SMILES string of the molecule is Cc1cccc2oc(N=C=S)nc12. The number of benzene rings is 1. The van der Waals surface area contributed by atoms with Crippen molar-refractivity contribution in [3.05, 3.63) is 23.8 Å². The van der Waals surface area contributed by atoms with Crippen LogP contribution in [0.2, 0.25) is 0 Å². The maximum atomic E-state index is 5.28. The zero-order chi connectivity index (χ0) is 9.26. The molecule has 1 aromatic carbocycles. The highest BCUT2D eigenvalue weighted by Gasteiger charge is 2.05. The van der Waals surface area contributed by atoms with Gasteiger partial charge in [-0.15, -0.1) is 4.99 Å². The lowest BCUT2D eigenvalue weighted by Gasteiger charge is -1.88. The number of isothiocyanates is 1. The molecule has 0 aliphatic heterocycles. The first-order valence-electron chi connectivity index (χ1n) is 3.75. The maximum absolute atomic E-state index is 5.28. The molecule has 0 aliphatic rings. The first-order chi connectivity index (χ1) is 6.31. The van der Waals surface area contributed by atoms with Crippen LogP contribution in [0.5, 0.6) is 0 Å². The summed E-state index contributed by atoms with van der Waals surface area (Å²) in [6.07, 6.45) is 0. The average Bonchev–Trinajstić information content (AvgIpc) is 2.49. The molecule has 1 aromatic heterocycles. The largest absolute Gasteiger partial charge is 0.421 e. The predicted octanol–water partition coefficient (Wildman–Crippen LogP) is 2.87. The standard InChI is InChI=1S/C9H6N2OS/c1-6-3-2-4-7-8(6)11-9(12-7)10-5-13/h2-4H,1H3. The van der Waals surface area contributed by atoms with Crippen molar-refractivity contribution in [3.8, 4) is 0 Å². The van der Waals surface area contributed by atoms with Crippen molar-refractivity contribution < 1.29 is 4.42 Å². The first-order valence-corrected chi connectivity index (χ1v) is 4.16. The Morgan fingerprint density at radius 1 is 1.54 bits per heavy atom. The summed E-state index contributed by atoms with van der Waals surface area (Å²) in [5, 5.41) is 2.22. The number of para-hydroxylation sites is 1. The normalized spacial score (nSPS) is 9.92. The molecule has 1 heterocycles. The molecule has 64 valence electrons. The van der Waals surface area contributed by atoms with Crippen LogP contribution in [0.1, 0.15) is 5.56 Å². The number of aromatic nitrogens is 1. The number of aryl methyl sites for hydroxylation is 1. The smallest absolute Gasteiger partial charge is 0.331 e. The third-order valence-electron chi connectivity index (χ3n) is 1.75. The number of nitrogens with zero attached hydrogens (tertiary/aromatic N) is 2. The second kappa shape index (κ2) is 3.09. The van der Waals surface area contributed by atoms with Crippen molar-refractivity contribution in [1.29, 1.82) is 0 Å². The van der Waals surface area contributed by atoms with Crippen LogP contribution >= 0.6 is 12.2 Å². The molecular formula is C9H6N2OS. The minimum atomic E-state index is 0.263. The Morgan fingerprint density at radius 2 is 2.38 bits per heavy atom. The summed E-state index contributed by atoms with van der Waals surface area (Å²) >= 11 is 4.45. The van der Waals surface area contributed by atoms with E-state index in [0.29, 0.717) is 0 Å².